The molecule has 2 amide bonds. The van der Waals surface area contributed by atoms with E-state index in [1.807, 2.05) is 54.6 Å². The topological polar surface area (TPSA) is 88.3 Å². The third-order valence-corrected chi connectivity index (χ3v) is 5.15. The summed E-state index contributed by atoms with van der Waals surface area (Å²) in [7, 11) is 0. The lowest BCUT2D eigenvalue weighted by Crippen LogP contribution is -2.39. The van der Waals surface area contributed by atoms with Crippen molar-refractivity contribution >= 4 is 28.3 Å². The normalized spacial score (nSPS) is 16.9. The van der Waals surface area contributed by atoms with Crippen LogP contribution in [0, 0.1) is 0 Å². The number of carbonyl (C=O) groups excluding carboxylic acids is 2. The number of anilines is 1. The number of nitrogens with two attached hydrogens (primary N) is 1. The van der Waals surface area contributed by atoms with Crippen LogP contribution < -0.4 is 11.1 Å². The first-order valence-electron chi connectivity index (χ1n) is 9.39. The van der Waals surface area contributed by atoms with Crippen molar-refractivity contribution in [1.29, 1.82) is 0 Å². The smallest absolute Gasteiger partial charge is 0.274 e. The van der Waals surface area contributed by atoms with Gasteiger partial charge in [0.2, 0.25) is 5.91 Å². The van der Waals surface area contributed by atoms with E-state index in [2.05, 4.69) is 15.2 Å². The van der Waals surface area contributed by atoms with Gasteiger partial charge in [-0.2, -0.15) is 0 Å². The van der Waals surface area contributed by atoms with Gasteiger partial charge in [0.05, 0.1) is 6.04 Å². The fraction of sp³-hybridized carbons (Fsp3) is 0.227. The fourth-order valence-corrected chi connectivity index (χ4v) is 3.81. The number of pyridine rings is 1. The molecule has 4 rings (SSSR count). The zero-order valence-electron chi connectivity index (χ0n) is 15.5. The summed E-state index contributed by atoms with van der Waals surface area (Å²) in [6, 6.07) is 17.0. The van der Waals surface area contributed by atoms with Gasteiger partial charge >= 0.3 is 0 Å². The van der Waals surface area contributed by atoms with E-state index in [0.717, 1.165) is 35.7 Å². The summed E-state index contributed by atoms with van der Waals surface area (Å²) in [4.78, 5) is 30.7. The van der Waals surface area contributed by atoms with Gasteiger partial charge in [-0.1, -0.05) is 36.4 Å². The fourth-order valence-electron chi connectivity index (χ4n) is 3.81. The molecule has 0 spiro atoms. The standard InChI is InChI=1S/C22H22N4O2/c23-21(27)19-9-4-12-26(19)14-15-5-3-7-17(13-15)25-22(28)20-18-8-2-1-6-16(18)10-11-24-20/h1-3,5-8,10-11,13,19H,4,9,12,14H2,(H2,23,27)(H,25,28). The number of aromatic nitrogens is 1. The number of carbonyl (C=O) groups is 2. The van der Waals surface area contributed by atoms with Crippen LogP contribution >= 0.6 is 0 Å². The largest absolute Gasteiger partial charge is 0.368 e. The maximum absolute atomic E-state index is 12.8. The number of rotatable bonds is 5. The van der Waals surface area contributed by atoms with E-state index < -0.39 is 0 Å². The number of likely N-dealkylation sites (tertiary alicyclic amines) is 1. The molecule has 1 aliphatic heterocycles. The van der Waals surface area contributed by atoms with Gasteiger partial charge < -0.3 is 11.1 Å². The molecule has 1 fully saturated rings. The molecule has 3 N–H and O–H groups in total. The second-order valence-corrected chi connectivity index (χ2v) is 7.07. The van der Waals surface area contributed by atoms with Crippen LogP contribution in [0.15, 0.2) is 60.8 Å². The number of hydrogen-bond donors (Lipinski definition) is 2. The molecule has 6 nitrogen and oxygen atoms in total. The zero-order valence-corrected chi connectivity index (χ0v) is 15.5. The monoisotopic (exact) mass is 374 g/mol. The molecule has 28 heavy (non-hydrogen) atoms. The van der Waals surface area contributed by atoms with Gasteiger partial charge in [-0.05, 0) is 48.5 Å². The van der Waals surface area contributed by atoms with Crippen molar-refractivity contribution in [2.75, 3.05) is 11.9 Å². The number of hydrogen-bond acceptors (Lipinski definition) is 4. The van der Waals surface area contributed by atoms with E-state index in [-0.39, 0.29) is 17.9 Å². The van der Waals surface area contributed by atoms with Crippen LogP contribution in [0.25, 0.3) is 10.8 Å². The lowest BCUT2D eigenvalue weighted by Gasteiger charge is -2.22. The number of nitrogens with zero attached hydrogens (tertiary/aromatic N) is 2. The van der Waals surface area contributed by atoms with E-state index in [1.54, 1.807) is 6.20 Å². The number of benzene rings is 2. The first-order chi connectivity index (χ1) is 13.6. The summed E-state index contributed by atoms with van der Waals surface area (Å²) in [5.41, 5.74) is 7.63. The second kappa shape index (κ2) is 7.78. The maximum atomic E-state index is 12.8. The maximum Gasteiger partial charge on any atom is 0.274 e. The first kappa shape index (κ1) is 18.1. The summed E-state index contributed by atoms with van der Waals surface area (Å²) in [6.07, 6.45) is 3.42. The minimum absolute atomic E-state index is 0.210. The average molecular weight is 374 g/mol. The molecule has 142 valence electrons. The molecule has 1 unspecified atom stereocenters. The highest BCUT2D eigenvalue weighted by atomic mass is 16.2. The molecule has 0 aliphatic carbocycles. The van der Waals surface area contributed by atoms with E-state index in [0.29, 0.717) is 17.9 Å². The molecule has 1 saturated heterocycles. The molecular formula is C22H22N4O2. The molecule has 0 radical (unpaired) electrons. The SMILES string of the molecule is NC(=O)C1CCCN1Cc1cccc(NC(=O)c2nccc3ccccc23)c1. The van der Waals surface area contributed by atoms with Crippen molar-refractivity contribution in [3.63, 3.8) is 0 Å². The second-order valence-electron chi connectivity index (χ2n) is 7.07. The third-order valence-electron chi connectivity index (χ3n) is 5.15. The van der Waals surface area contributed by atoms with Crippen LogP contribution in [0.2, 0.25) is 0 Å². The van der Waals surface area contributed by atoms with E-state index in [1.165, 1.54) is 0 Å². The summed E-state index contributed by atoms with van der Waals surface area (Å²) in [5, 5.41) is 4.73. The molecule has 2 aromatic carbocycles. The summed E-state index contributed by atoms with van der Waals surface area (Å²) >= 11 is 0. The van der Waals surface area contributed by atoms with Gasteiger partial charge in [0.25, 0.3) is 5.91 Å². The Morgan fingerprint density at radius 1 is 1.14 bits per heavy atom. The summed E-state index contributed by atoms with van der Waals surface area (Å²) < 4.78 is 0. The first-order valence-corrected chi connectivity index (χ1v) is 9.39. The van der Waals surface area contributed by atoms with Crippen molar-refractivity contribution in [1.82, 2.24) is 9.88 Å². The third kappa shape index (κ3) is 3.73. The zero-order chi connectivity index (χ0) is 19.5. The lowest BCUT2D eigenvalue weighted by molar-refractivity contribution is -0.122. The van der Waals surface area contributed by atoms with E-state index in [4.69, 9.17) is 5.73 Å². The average Bonchev–Trinajstić information content (AvgIpc) is 3.16. The molecule has 1 aromatic heterocycles. The molecular weight excluding hydrogens is 352 g/mol. The Kier molecular flexibility index (Phi) is 5.04. The predicted molar refractivity (Wildman–Crippen MR) is 109 cm³/mol. The van der Waals surface area contributed by atoms with Gasteiger partial charge in [-0.25, -0.2) is 0 Å². The van der Waals surface area contributed by atoms with Crippen LogP contribution in [0.4, 0.5) is 5.69 Å². The highest BCUT2D eigenvalue weighted by Gasteiger charge is 2.28. The van der Waals surface area contributed by atoms with Crippen molar-refractivity contribution in [2.24, 2.45) is 5.73 Å². The van der Waals surface area contributed by atoms with Crippen LogP contribution in [-0.2, 0) is 11.3 Å². The van der Waals surface area contributed by atoms with E-state index >= 15 is 0 Å². The highest BCUT2D eigenvalue weighted by Crippen LogP contribution is 2.22. The van der Waals surface area contributed by atoms with Crippen molar-refractivity contribution < 1.29 is 9.59 Å². The Balaban J connectivity index is 1.52. The Morgan fingerprint density at radius 3 is 2.86 bits per heavy atom. The number of nitrogens with one attached hydrogen (secondary N) is 1. The van der Waals surface area contributed by atoms with Crippen LogP contribution in [-0.4, -0.2) is 34.3 Å². The van der Waals surface area contributed by atoms with E-state index in [9.17, 15) is 9.59 Å². The van der Waals surface area contributed by atoms with Crippen LogP contribution in [0.3, 0.4) is 0 Å². The van der Waals surface area contributed by atoms with Crippen molar-refractivity contribution in [2.45, 2.75) is 25.4 Å². The molecule has 0 bridgehead atoms. The van der Waals surface area contributed by atoms with Crippen molar-refractivity contribution in [3.8, 4) is 0 Å². The van der Waals surface area contributed by atoms with Gasteiger partial charge in [-0.3, -0.25) is 19.5 Å². The van der Waals surface area contributed by atoms with Gasteiger partial charge in [0, 0.05) is 23.8 Å². The minimum Gasteiger partial charge on any atom is -0.368 e. The van der Waals surface area contributed by atoms with Gasteiger partial charge in [0.1, 0.15) is 5.69 Å². The Labute approximate surface area is 163 Å². The van der Waals surface area contributed by atoms with Gasteiger partial charge in [0.15, 0.2) is 0 Å². The van der Waals surface area contributed by atoms with Gasteiger partial charge in [-0.15, -0.1) is 0 Å². The molecule has 6 heteroatoms. The summed E-state index contributed by atoms with van der Waals surface area (Å²) in [6.45, 7) is 1.48. The Bertz CT molecular complexity index is 1030. The van der Waals surface area contributed by atoms with Crippen molar-refractivity contribution in [3.05, 3.63) is 72.1 Å². The molecule has 0 saturated carbocycles. The number of fused-ring (bicyclic) bond motifs is 1. The van der Waals surface area contributed by atoms with Crippen LogP contribution in [0.5, 0.6) is 0 Å². The molecule has 1 atom stereocenters. The summed E-state index contributed by atoms with van der Waals surface area (Å²) in [5.74, 6) is -0.519. The Hall–Kier alpha value is -3.25. The number of primary amides is 1. The highest BCUT2D eigenvalue weighted by molar-refractivity contribution is 6.11. The minimum atomic E-state index is -0.274. The predicted octanol–water partition coefficient (Wildman–Crippen LogP) is 2.94. The quantitative estimate of drug-likeness (QED) is 0.719. The molecule has 2 heterocycles. The molecule has 3 aromatic rings. The number of amides is 2. The van der Waals surface area contributed by atoms with Crippen LogP contribution in [0.1, 0.15) is 28.9 Å². The lowest BCUT2D eigenvalue weighted by atomic mass is 10.1. The Morgan fingerprint density at radius 2 is 2.00 bits per heavy atom. The molecule has 1 aliphatic rings.